The molecule has 8 heteroatoms. The van der Waals surface area contributed by atoms with Gasteiger partial charge in [0.1, 0.15) is 0 Å². The van der Waals surface area contributed by atoms with Crippen LogP contribution in [-0.4, -0.2) is 50.9 Å². The van der Waals surface area contributed by atoms with Gasteiger partial charge in [-0.25, -0.2) is 0 Å². The number of rotatable bonds is 7. The van der Waals surface area contributed by atoms with Crippen LogP contribution in [0.3, 0.4) is 0 Å². The van der Waals surface area contributed by atoms with Gasteiger partial charge in [-0.15, -0.1) is 10.2 Å². The van der Waals surface area contributed by atoms with Crippen LogP contribution in [0.4, 0.5) is 0 Å². The summed E-state index contributed by atoms with van der Waals surface area (Å²) in [5.74, 6) is 0.216. The first kappa shape index (κ1) is 18.2. The van der Waals surface area contributed by atoms with Gasteiger partial charge < -0.3 is 10.2 Å². The Labute approximate surface area is 156 Å². The maximum absolute atomic E-state index is 12.2. The molecule has 0 aliphatic carbocycles. The number of tetrazole rings is 1. The molecule has 0 spiro atoms. The van der Waals surface area contributed by atoms with Crippen LogP contribution < -0.4 is 5.32 Å². The molecular weight excluding hydrogens is 344 g/mol. The van der Waals surface area contributed by atoms with Crippen molar-refractivity contribution < 1.29 is 9.59 Å². The van der Waals surface area contributed by atoms with Crippen molar-refractivity contribution in [3.8, 4) is 11.4 Å². The van der Waals surface area contributed by atoms with Gasteiger partial charge in [0.15, 0.2) is 0 Å². The third-order valence-corrected chi connectivity index (χ3v) is 4.06. The van der Waals surface area contributed by atoms with Crippen molar-refractivity contribution >= 4 is 11.8 Å². The average Bonchev–Trinajstić information content (AvgIpc) is 3.23. The summed E-state index contributed by atoms with van der Waals surface area (Å²) in [6.07, 6.45) is 0.246. The van der Waals surface area contributed by atoms with Crippen LogP contribution in [0.25, 0.3) is 11.4 Å². The second-order valence-corrected chi connectivity index (χ2v) is 6.05. The summed E-state index contributed by atoms with van der Waals surface area (Å²) in [4.78, 5) is 26.0. The lowest BCUT2D eigenvalue weighted by Crippen LogP contribution is -2.31. The van der Waals surface area contributed by atoms with E-state index in [1.54, 1.807) is 36.2 Å². The molecule has 0 radical (unpaired) electrons. The fourth-order valence-electron chi connectivity index (χ4n) is 2.58. The quantitative estimate of drug-likeness (QED) is 0.663. The highest BCUT2D eigenvalue weighted by Gasteiger charge is 2.11. The monoisotopic (exact) mass is 364 g/mol. The van der Waals surface area contributed by atoms with Crippen LogP contribution in [0, 0.1) is 0 Å². The largest absolute Gasteiger partial charge is 0.352 e. The van der Waals surface area contributed by atoms with Crippen LogP contribution in [-0.2, 0) is 11.3 Å². The van der Waals surface area contributed by atoms with Gasteiger partial charge in [0, 0.05) is 37.7 Å². The van der Waals surface area contributed by atoms with E-state index in [0.717, 1.165) is 11.1 Å². The number of amides is 2. The van der Waals surface area contributed by atoms with Crippen molar-refractivity contribution in [1.29, 1.82) is 0 Å². The van der Waals surface area contributed by atoms with Crippen molar-refractivity contribution in [2.75, 3.05) is 13.6 Å². The Bertz CT molecular complexity index is 878. The second kappa shape index (κ2) is 8.70. The minimum absolute atomic E-state index is 0.0217. The molecule has 3 aromatic rings. The van der Waals surface area contributed by atoms with Crippen LogP contribution in [0.5, 0.6) is 0 Å². The smallest absolute Gasteiger partial charge is 0.251 e. The molecule has 27 heavy (non-hydrogen) atoms. The van der Waals surface area contributed by atoms with E-state index in [4.69, 9.17) is 0 Å². The van der Waals surface area contributed by atoms with Gasteiger partial charge >= 0.3 is 0 Å². The molecule has 0 fully saturated rings. The van der Waals surface area contributed by atoms with Crippen LogP contribution in [0.2, 0.25) is 0 Å². The molecule has 1 aromatic heterocycles. The molecule has 0 aliphatic heterocycles. The first-order valence-electron chi connectivity index (χ1n) is 8.53. The number of carbonyl (C=O) groups excluding carboxylic acids is 2. The summed E-state index contributed by atoms with van der Waals surface area (Å²) in [5, 5.41) is 16.4. The average molecular weight is 364 g/mol. The molecule has 2 N–H and O–H groups in total. The summed E-state index contributed by atoms with van der Waals surface area (Å²) in [7, 11) is 1.76. The minimum atomic E-state index is -0.229. The Morgan fingerprint density at radius 2 is 1.81 bits per heavy atom. The lowest BCUT2D eigenvalue weighted by atomic mass is 10.1. The number of aromatic nitrogens is 4. The van der Waals surface area contributed by atoms with Crippen molar-refractivity contribution in [2.24, 2.45) is 0 Å². The molecule has 1 heterocycles. The number of nitrogens with one attached hydrogen (secondary N) is 2. The first-order valence-corrected chi connectivity index (χ1v) is 8.53. The molecule has 0 saturated carbocycles. The Kier molecular flexibility index (Phi) is 5.88. The van der Waals surface area contributed by atoms with E-state index in [1.165, 1.54) is 0 Å². The maximum atomic E-state index is 12.2. The van der Waals surface area contributed by atoms with Gasteiger partial charge in [-0.1, -0.05) is 42.5 Å². The molecule has 0 atom stereocenters. The Morgan fingerprint density at radius 1 is 1.07 bits per heavy atom. The van der Waals surface area contributed by atoms with Crippen molar-refractivity contribution in [3.05, 3.63) is 65.7 Å². The van der Waals surface area contributed by atoms with E-state index in [9.17, 15) is 9.59 Å². The molecule has 138 valence electrons. The third-order valence-electron chi connectivity index (χ3n) is 4.06. The zero-order chi connectivity index (χ0) is 19.1. The van der Waals surface area contributed by atoms with Gasteiger partial charge in [0.2, 0.25) is 11.7 Å². The molecule has 0 aliphatic rings. The van der Waals surface area contributed by atoms with E-state index in [2.05, 4.69) is 25.9 Å². The third kappa shape index (κ3) is 4.97. The fraction of sp³-hybridized carbons (Fsp3) is 0.211. The molecule has 2 amide bonds. The zero-order valence-corrected chi connectivity index (χ0v) is 14.9. The van der Waals surface area contributed by atoms with Gasteiger partial charge in [-0.2, -0.15) is 5.21 Å². The van der Waals surface area contributed by atoms with Crippen molar-refractivity contribution in [1.82, 2.24) is 30.8 Å². The number of hydrogen-bond acceptors (Lipinski definition) is 5. The minimum Gasteiger partial charge on any atom is -0.352 e. The second-order valence-electron chi connectivity index (χ2n) is 6.05. The SMILES string of the molecule is CN(Cc1ccccc1)C(=O)CCNC(=O)c1ccc(-c2nn[nH]n2)cc1. The number of aromatic amines is 1. The summed E-state index contributed by atoms with van der Waals surface area (Å²) < 4.78 is 0. The van der Waals surface area contributed by atoms with Crippen molar-refractivity contribution in [2.45, 2.75) is 13.0 Å². The number of nitrogens with zero attached hydrogens (tertiary/aromatic N) is 4. The predicted molar refractivity (Wildman–Crippen MR) is 99.5 cm³/mol. The fourth-order valence-corrected chi connectivity index (χ4v) is 2.58. The Balaban J connectivity index is 1.45. The summed E-state index contributed by atoms with van der Waals surface area (Å²) in [5.41, 5.74) is 2.34. The van der Waals surface area contributed by atoms with Crippen LogP contribution in [0.15, 0.2) is 54.6 Å². The maximum Gasteiger partial charge on any atom is 0.251 e. The van der Waals surface area contributed by atoms with Gasteiger partial charge in [-0.3, -0.25) is 9.59 Å². The van der Waals surface area contributed by atoms with E-state index >= 15 is 0 Å². The highest BCUT2D eigenvalue weighted by atomic mass is 16.2. The van der Waals surface area contributed by atoms with E-state index in [1.807, 2.05) is 30.3 Å². The van der Waals surface area contributed by atoms with Crippen LogP contribution >= 0.6 is 0 Å². The molecule has 3 rings (SSSR count). The zero-order valence-electron chi connectivity index (χ0n) is 14.9. The standard InChI is InChI=1S/C19H20N6O2/c1-25(13-14-5-3-2-4-6-14)17(26)11-12-20-19(27)16-9-7-15(8-10-16)18-21-23-24-22-18/h2-10H,11-13H2,1H3,(H,20,27)(H,21,22,23,24). The van der Waals surface area contributed by atoms with E-state index < -0.39 is 0 Å². The molecular formula is C19H20N6O2. The lowest BCUT2D eigenvalue weighted by molar-refractivity contribution is -0.130. The van der Waals surface area contributed by atoms with Gasteiger partial charge in [0.05, 0.1) is 0 Å². The van der Waals surface area contributed by atoms with Gasteiger partial charge in [0.25, 0.3) is 5.91 Å². The first-order chi connectivity index (χ1) is 13.1. The molecule has 8 nitrogen and oxygen atoms in total. The van der Waals surface area contributed by atoms with E-state index in [0.29, 0.717) is 17.9 Å². The molecule has 2 aromatic carbocycles. The van der Waals surface area contributed by atoms with E-state index in [-0.39, 0.29) is 24.8 Å². The number of carbonyl (C=O) groups is 2. The number of H-pyrrole nitrogens is 1. The number of hydrogen-bond donors (Lipinski definition) is 2. The topological polar surface area (TPSA) is 104 Å². The summed E-state index contributed by atoms with van der Waals surface area (Å²) in [6, 6.07) is 16.6. The Hall–Kier alpha value is -3.55. The van der Waals surface area contributed by atoms with Gasteiger partial charge in [-0.05, 0) is 22.9 Å². The normalized spacial score (nSPS) is 10.4. The lowest BCUT2D eigenvalue weighted by Gasteiger charge is -2.17. The highest BCUT2D eigenvalue weighted by molar-refractivity contribution is 5.94. The predicted octanol–water partition coefficient (Wildman–Crippen LogP) is 1.65. The Morgan fingerprint density at radius 3 is 2.48 bits per heavy atom. The van der Waals surface area contributed by atoms with Crippen LogP contribution in [0.1, 0.15) is 22.3 Å². The van der Waals surface area contributed by atoms with Crippen molar-refractivity contribution in [3.63, 3.8) is 0 Å². The summed E-state index contributed by atoms with van der Waals surface area (Å²) >= 11 is 0. The highest BCUT2D eigenvalue weighted by Crippen LogP contribution is 2.13. The molecule has 0 saturated heterocycles. The molecule has 0 unspecified atom stereocenters. The summed E-state index contributed by atoms with van der Waals surface area (Å²) in [6.45, 7) is 0.828. The molecule has 0 bridgehead atoms. The number of benzene rings is 2.